The van der Waals surface area contributed by atoms with Gasteiger partial charge in [0.05, 0.1) is 30.9 Å². The van der Waals surface area contributed by atoms with Crippen molar-refractivity contribution >= 4 is 41.1 Å². The molecule has 4 aromatic rings. The monoisotopic (exact) mass is 603 g/mol. The summed E-state index contributed by atoms with van der Waals surface area (Å²) < 4.78 is 45.7. The van der Waals surface area contributed by atoms with E-state index in [9.17, 15) is 18.0 Å². The number of nitrogens with zero attached hydrogens (tertiary/aromatic N) is 1. The van der Waals surface area contributed by atoms with Gasteiger partial charge < -0.3 is 5.11 Å². The number of hydrogen-bond acceptors (Lipinski definition) is 6. The van der Waals surface area contributed by atoms with Gasteiger partial charge in [-0.3, -0.25) is 4.79 Å². The molecule has 0 amide bonds. The van der Waals surface area contributed by atoms with Gasteiger partial charge in [0.2, 0.25) is 0 Å². The lowest BCUT2D eigenvalue weighted by Crippen LogP contribution is -2.20. The number of hydrogen-bond donors (Lipinski definition) is 1. The quantitative estimate of drug-likeness (QED) is 0.105. The van der Waals surface area contributed by atoms with Crippen LogP contribution < -0.4 is 0 Å². The maximum atomic E-state index is 13.2. The molecule has 1 aromatic heterocycles. The van der Waals surface area contributed by atoms with Gasteiger partial charge in [-0.15, -0.1) is 23.1 Å². The fourth-order valence-corrected chi connectivity index (χ4v) is 6.34. The summed E-state index contributed by atoms with van der Waals surface area (Å²) in [5.74, 6) is -0.874. The second-order valence-corrected chi connectivity index (χ2v) is 12.1. The summed E-state index contributed by atoms with van der Waals surface area (Å²) >= 11 is 3.16. The van der Waals surface area contributed by atoms with E-state index in [1.807, 2.05) is 69.3 Å². The van der Waals surface area contributed by atoms with Gasteiger partial charge in [-0.2, -0.15) is 18.2 Å². The average Bonchev–Trinajstić information content (AvgIpc) is 3.37. The zero-order valence-corrected chi connectivity index (χ0v) is 24.6. The van der Waals surface area contributed by atoms with Gasteiger partial charge in [-0.05, 0) is 77.7 Å². The Morgan fingerprint density at radius 1 is 0.925 bits per heavy atom. The highest BCUT2D eigenvalue weighted by Crippen LogP contribution is 2.35. The third-order valence-corrected chi connectivity index (χ3v) is 9.06. The van der Waals surface area contributed by atoms with Crippen LogP contribution >= 0.6 is 35.1 Å². The minimum atomic E-state index is -4.38. The Morgan fingerprint density at radius 2 is 1.60 bits per heavy atom. The Kier molecular flexibility index (Phi) is 10.0. The Bertz CT molecular complexity index is 1450. The van der Waals surface area contributed by atoms with Crippen molar-refractivity contribution in [1.29, 1.82) is 0 Å². The number of carboxylic acids is 1. The fraction of sp³-hybridized carbons (Fsp3) is 0.233. The van der Waals surface area contributed by atoms with Crippen LogP contribution in [-0.4, -0.2) is 21.9 Å². The first-order chi connectivity index (χ1) is 19.0. The average molecular weight is 604 g/mol. The SMILES string of the molecule is Cc1cc(C)c(SON(Cc2ccc(-c3cccc(SCC(=O)O)c3)cc2)Cc2csc(C(F)(F)F)c2)c(C)c1. The van der Waals surface area contributed by atoms with Crippen molar-refractivity contribution in [1.82, 2.24) is 5.06 Å². The minimum Gasteiger partial charge on any atom is -0.481 e. The van der Waals surface area contributed by atoms with E-state index >= 15 is 0 Å². The van der Waals surface area contributed by atoms with Gasteiger partial charge in [-0.1, -0.05) is 54.1 Å². The van der Waals surface area contributed by atoms with E-state index in [0.29, 0.717) is 23.4 Å². The van der Waals surface area contributed by atoms with E-state index in [2.05, 4.69) is 12.1 Å². The molecule has 0 spiro atoms. The number of aliphatic carboxylic acids is 1. The van der Waals surface area contributed by atoms with Crippen molar-refractivity contribution in [3.8, 4) is 11.1 Å². The third kappa shape index (κ3) is 8.37. The van der Waals surface area contributed by atoms with Crippen LogP contribution in [0.15, 0.2) is 81.9 Å². The van der Waals surface area contributed by atoms with Crippen LogP contribution in [0.4, 0.5) is 13.2 Å². The number of halogens is 3. The molecule has 0 saturated carbocycles. The molecule has 0 bridgehead atoms. The number of carboxylic acid groups (broad SMARTS) is 1. The highest BCUT2D eigenvalue weighted by atomic mass is 32.2. The predicted molar refractivity (Wildman–Crippen MR) is 156 cm³/mol. The van der Waals surface area contributed by atoms with Crippen molar-refractivity contribution in [2.45, 2.75) is 49.8 Å². The van der Waals surface area contributed by atoms with E-state index in [4.69, 9.17) is 9.39 Å². The zero-order valence-electron chi connectivity index (χ0n) is 22.1. The highest BCUT2D eigenvalue weighted by molar-refractivity contribution is 8.00. The second-order valence-electron chi connectivity index (χ2n) is 9.41. The number of alkyl halides is 3. The van der Waals surface area contributed by atoms with Gasteiger partial charge in [0.1, 0.15) is 4.88 Å². The van der Waals surface area contributed by atoms with Crippen molar-refractivity contribution < 1.29 is 27.4 Å². The summed E-state index contributed by atoms with van der Waals surface area (Å²) in [6.45, 7) is 6.61. The third-order valence-electron chi connectivity index (χ3n) is 5.97. The lowest BCUT2D eigenvalue weighted by molar-refractivity contribution is -0.135. The lowest BCUT2D eigenvalue weighted by Gasteiger charge is -2.22. The van der Waals surface area contributed by atoms with Gasteiger partial charge in [-0.25, -0.2) is 4.28 Å². The number of thioether (sulfide) groups is 1. The van der Waals surface area contributed by atoms with Crippen LogP contribution in [0.5, 0.6) is 0 Å². The Morgan fingerprint density at radius 3 is 2.23 bits per heavy atom. The van der Waals surface area contributed by atoms with Crippen LogP contribution in [0.25, 0.3) is 11.1 Å². The summed E-state index contributed by atoms with van der Waals surface area (Å²) in [4.78, 5) is 12.1. The molecular formula is C30H28F3NO3S3. The second kappa shape index (κ2) is 13.3. The maximum Gasteiger partial charge on any atom is 0.425 e. The molecule has 0 aliphatic heterocycles. The van der Waals surface area contributed by atoms with Gasteiger partial charge >= 0.3 is 12.1 Å². The first kappa shape index (κ1) is 30.2. The normalized spacial score (nSPS) is 11.8. The number of benzene rings is 3. The van der Waals surface area contributed by atoms with E-state index in [1.54, 1.807) is 5.06 Å². The molecule has 10 heteroatoms. The number of thiophene rings is 1. The van der Waals surface area contributed by atoms with Crippen molar-refractivity contribution in [2.24, 2.45) is 0 Å². The summed E-state index contributed by atoms with van der Waals surface area (Å²) in [6.07, 6.45) is -4.38. The number of rotatable bonds is 11. The van der Waals surface area contributed by atoms with Crippen LogP contribution in [0.2, 0.25) is 0 Å². The van der Waals surface area contributed by atoms with Crippen LogP contribution in [0.3, 0.4) is 0 Å². The molecule has 0 atom stereocenters. The Labute approximate surface area is 244 Å². The zero-order chi connectivity index (χ0) is 28.9. The van der Waals surface area contributed by atoms with E-state index in [0.717, 1.165) is 43.2 Å². The first-order valence-corrected chi connectivity index (χ1v) is 14.9. The molecule has 0 saturated heterocycles. The van der Waals surface area contributed by atoms with Crippen LogP contribution in [0, 0.1) is 20.8 Å². The molecule has 40 heavy (non-hydrogen) atoms. The molecule has 4 rings (SSSR count). The standard InChI is InChI=1S/C30H28F3NO3S3/c1-19-11-20(2)29(21(3)12-19)40-37-34(16-23-13-27(39-17-23)30(31,32)33)15-22-7-9-24(10-8-22)25-5-4-6-26(14-25)38-18-28(35)36/h4-14,17H,15-16,18H2,1-3H3,(H,35,36). The molecule has 0 fully saturated rings. The van der Waals surface area contributed by atoms with Crippen LogP contribution in [-0.2, 0) is 28.3 Å². The van der Waals surface area contributed by atoms with E-state index < -0.39 is 17.0 Å². The van der Waals surface area contributed by atoms with Crippen molar-refractivity contribution in [3.05, 3.63) is 105 Å². The summed E-state index contributed by atoms with van der Waals surface area (Å²) in [5, 5.41) is 12.1. The molecule has 3 aromatic carbocycles. The topological polar surface area (TPSA) is 49.8 Å². The van der Waals surface area contributed by atoms with Crippen molar-refractivity contribution in [3.63, 3.8) is 0 Å². The molecule has 1 heterocycles. The highest BCUT2D eigenvalue weighted by Gasteiger charge is 2.32. The largest absolute Gasteiger partial charge is 0.481 e. The van der Waals surface area contributed by atoms with E-state index in [-0.39, 0.29) is 12.3 Å². The smallest absolute Gasteiger partial charge is 0.425 e. The number of hydroxylamine groups is 2. The molecule has 0 radical (unpaired) electrons. The summed E-state index contributed by atoms with van der Waals surface area (Å²) in [7, 11) is 0. The molecule has 0 aliphatic rings. The first-order valence-electron chi connectivity index (χ1n) is 12.3. The Hall–Kier alpha value is -2.76. The minimum absolute atomic E-state index is 0.00747. The molecule has 0 unspecified atom stereocenters. The summed E-state index contributed by atoms with van der Waals surface area (Å²) in [6, 6.07) is 20.9. The van der Waals surface area contributed by atoms with Gasteiger partial charge in [0.25, 0.3) is 0 Å². The van der Waals surface area contributed by atoms with Gasteiger partial charge in [0, 0.05) is 9.79 Å². The molecule has 210 valence electrons. The number of aryl methyl sites for hydroxylation is 3. The number of carbonyl (C=O) groups is 1. The maximum absolute atomic E-state index is 13.2. The molecule has 4 nitrogen and oxygen atoms in total. The molecule has 0 aliphatic carbocycles. The van der Waals surface area contributed by atoms with Gasteiger partial charge in [0.15, 0.2) is 0 Å². The summed E-state index contributed by atoms with van der Waals surface area (Å²) in [5.41, 5.74) is 6.71. The lowest BCUT2D eigenvalue weighted by atomic mass is 10.0. The molecular weight excluding hydrogens is 576 g/mol. The van der Waals surface area contributed by atoms with Crippen molar-refractivity contribution in [2.75, 3.05) is 5.75 Å². The fourth-order valence-electron chi connectivity index (χ4n) is 4.22. The Balaban J connectivity index is 1.51. The molecule has 1 N–H and O–H groups in total. The van der Waals surface area contributed by atoms with Crippen LogP contribution in [0.1, 0.15) is 32.7 Å². The predicted octanol–water partition coefficient (Wildman–Crippen LogP) is 9.18. The van der Waals surface area contributed by atoms with E-state index in [1.165, 1.54) is 35.3 Å².